The molecule has 3 rings (SSSR count). The van der Waals surface area contributed by atoms with E-state index in [1.807, 2.05) is 6.92 Å². The molecule has 1 saturated carbocycles. The zero-order chi connectivity index (χ0) is 15.4. The second-order valence-electron chi connectivity index (χ2n) is 6.99. The van der Waals surface area contributed by atoms with Crippen molar-refractivity contribution in [3.63, 3.8) is 0 Å². The maximum absolute atomic E-state index is 11.8. The van der Waals surface area contributed by atoms with Crippen molar-refractivity contribution in [2.75, 3.05) is 7.11 Å². The van der Waals surface area contributed by atoms with Gasteiger partial charge in [-0.1, -0.05) is 20.4 Å². The van der Waals surface area contributed by atoms with Crippen molar-refractivity contribution < 1.29 is 24.1 Å². The van der Waals surface area contributed by atoms with Crippen LogP contribution in [-0.2, 0) is 19.0 Å². The molecular formula is C16H24O5. The molecule has 0 radical (unpaired) electrons. The molecule has 2 aliphatic heterocycles. The number of carbonyl (C=O) groups excluding carboxylic acids is 1. The van der Waals surface area contributed by atoms with Crippen molar-refractivity contribution in [1.29, 1.82) is 0 Å². The standard InChI is InChI=1S/C16H24O5/c1-8-5-12-10(9(2)14(17)20-12)7-16(3)11(8)6-13(19-4)21-15(16)18/h8,10-13,15,18H,2,5-7H2,1,3-4H3/t8-,10-,11+,12-,13-,15-,16+/m1/s1. The van der Waals surface area contributed by atoms with Crippen LogP contribution in [0.15, 0.2) is 12.2 Å². The molecule has 3 fully saturated rings. The molecule has 5 heteroatoms. The van der Waals surface area contributed by atoms with Gasteiger partial charge in [0.05, 0.1) is 0 Å². The average molecular weight is 296 g/mol. The number of hydrogen-bond acceptors (Lipinski definition) is 5. The summed E-state index contributed by atoms with van der Waals surface area (Å²) < 4.78 is 16.4. The zero-order valence-corrected chi connectivity index (χ0v) is 12.9. The number of rotatable bonds is 1. The Hall–Kier alpha value is -0.910. The summed E-state index contributed by atoms with van der Waals surface area (Å²) in [7, 11) is 1.60. The number of methoxy groups -OCH3 is 1. The zero-order valence-electron chi connectivity index (χ0n) is 12.9. The molecule has 21 heavy (non-hydrogen) atoms. The van der Waals surface area contributed by atoms with E-state index in [1.54, 1.807) is 7.11 Å². The Kier molecular flexibility index (Phi) is 3.62. The topological polar surface area (TPSA) is 65.0 Å². The fourth-order valence-corrected chi connectivity index (χ4v) is 4.44. The maximum Gasteiger partial charge on any atom is 0.334 e. The predicted octanol–water partition coefficient (Wildman–Crippen LogP) is 1.85. The highest BCUT2D eigenvalue weighted by Crippen LogP contribution is 2.55. The monoisotopic (exact) mass is 296 g/mol. The van der Waals surface area contributed by atoms with Gasteiger partial charge in [-0.3, -0.25) is 0 Å². The normalized spacial score (nSPS) is 50.1. The van der Waals surface area contributed by atoms with Crippen LogP contribution in [0.5, 0.6) is 0 Å². The first kappa shape index (κ1) is 15.0. The summed E-state index contributed by atoms with van der Waals surface area (Å²) in [5.41, 5.74) is 0.125. The molecule has 2 heterocycles. The van der Waals surface area contributed by atoms with E-state index in [0.717, 1.165) is 12.8 Å². The second-order valence-corrected chi connectivity index (χ2v) is 6.99. The number of ether oxygens (including phenoxy) is 3. The van der Waals surface area contributed by atoms with E-state index in [2.05, 4.69) is 13.5 Å². The molecule has 0 spiro atoms. The number of aliphatic hydroxyl groups is 1. The van der Waals surface area contributed by atoms with Crippen LogP contribution in [-0.4, -0.2) is 36.9 Å². The van der Waals surface area contributed by atoms with Crippen LogP contribution in [0, 0.1) is 23.2 Å². The summed E-state index contributed by atoms with van der Waals surface area (Å²) in [6.07, 6.45) is 0.837. The average Bonchev–Trinajstić information content (AvgIpc) is 2.63. The minimum Gasteiger partial charge on any atom is -0.458 e. The van der Waals surface area contributed by atoms with Crippen molar-refractivity contribution in [3.8, 4) is 0 Å². The van der Waals surface area contributed by atoms with E-state index >= 15 is 0 Å². The molecular weight excluding hydrogens is 272 g/mol. The summed E-state index contributed by atoms with van der Waals surface area (Å²) in [5.74, 6) is 0.274. The van der Waals surface area contributed by atoms with E-state index < -0.39 is 11.7 Å². The third kappa shape index (κ3) is 2.22. The van der Waals surface area contributed by atoms with Crippen LogP contribution in [0.4, 0.5) is 0 Å². The van der Waals surface area contributed by atoms with Gasteiger partial charge in [0.2, 0.25) is 0 Å². The van der Waals surface area contributed by atoms with Gasteiger partial charge in [0, 0.05) is 30.4 Å². The van der Waals surface area contributed by atoms with Crippen molar-refractivity contribution in [2.24, 2.45) is 23.2 Å². The Morgan fingerprint density at radius 3 is 2.81 bits per heavy atom. The van der Waals surface area contributed by atoms with Crippen LogP contribution in [0.3, 0.4) is 0 Å². The van der Waals surface area contributed by atoms with Crippen LogP contribution < -0.4 is 0 Å². The summed E-state index contributed by atoms with van der Waals surface area (Å²) in [5, 5.41) is 10.5. The molecule has 0 aromatic rings. The lowest BCUT2D eigenvalue weighted by Crippen LogP contribution is -2.51. The molecule has 118 valence electrons. The van der Waals surface area contributed by atoms with Crippen LogP contribution in [0.1, 0.15) is 33.1 Å². The minimum absolute atomic E-state index is 0.0210. The van der Waals surface area contributed by atoms with E-state index in [0.29, 0.717) is 17.9 Å². The molecule has 5 nitrogen and oxygen atoms in total. The highest BCUT2D eigenvalue weighted by molar-refractivity contribution is 5.90. The number of fused-ring (bicyclic) bond motifs is 2. The molecule has 0 unspecified atom stereocenters. The molecule has 3 aliphatic rings. The molecule has 0 aromatic heterocycles. The van der Waals surface area contributed by atoms with Crippen LogP contribution >= 0.6 is 0 Å². The number of hydrogen-bond donors (Lipinski definition) is 1. The van der Waals surface area contributed by atoms with E-state index in [-0.39, 0.29) is 30.2 Å². The molecule has 0 aromatic carbocycles. The third-order valence-electron chi connectivity index (χ3n) is 5.77. The molecule has 1 aliphatic carbocycles. The number of esters is 1. The second kappa shape index (κ2) is 5.07. The van der Waals surface area contributed by atoms with Crippen LogP contribution in [0.25, 0.3) is 0 Å². The fraction of sp³-hybridized carbons (Fsp3) is 0.812. The van der Waals surface area contributed by atoms with Gasteiger partial charge in [0.25, 0.3) is 0 Å². The maximum atomic E-state index is 11.8. The third-order valence-corrected chi connectivity index (χ3v) is 5.77. The summed E-state index contributed by atoms with van der Waals surface area (Å²) >= 11 is 0. The van der Waals surface area contributed by atoms with Crippen molar-refractivity contribution in [2.45, 2.75) is 51.8 Å². The summed E-state index contributed by atoms with van der Waals surface area (Å²) in [6, 6.07) is 0. The quantitative estimate of drug-likeness (QED) is 0.591. The number of aliphatic hydroxyl groups excluding tert-OH is 1. The van der Waals surface area contributed by atoms with Gasteiger partial charge in [-0.05, 0) is 24.7 Å². The minimum atomic E-state index is -0.897. The first-order chi connectivity index (χ1) is 9.86. The molecule has 0 bridgehead atoms. The number of carbonyl (C=O) groups is 1. The Labute approximate surface area is 125 Å². The Morgan fingerprint density at radius 2 is 2.14 bits per heavy atom. The van der Waals surface area contributed by atoms with Crippen LogP contribution in [0.2, 0.25) is 0 Å². The van der Waals surface area contributed by atoms with Crippen molar-refractivity contribution in [1.82, 2.24) is 0 Å². The van der Waals surface area contributed by atoms with Gasteiger partial charge in [0.1, 0.15) is 6.10 Å². The lowest BCUT2D eigenvalue weighted by Gasteiger charge is -2.48. The molecule has 7 atom stereocenters. The lowest BCUT2D eigenvalue weighted by atomic mass is 9.65. The van der Waals surface area contributed by atoms with Gasteiger partial charge >= 0.3 is 5.97 Å². The van der Waals surface area contributed by atoms with Crippen molar-refractivity contribution in [3.05, 3.63) is 12.2 Å². The molecule has 1 N–H and O–H groups in total. The van der Waals surface area contributed by atoms with E-state index in [4.69, 9.17) is 14.2 Å². The lowest BCUT2D eigenvalue weighted by molar-refractivity contribution is -0.310. The smallest absolute Gasteiger partial charge is 0.334 e. The largest absolute Gasteiger partial charge is 0.458 e. The van der Waals surface area contributed by atoms with Gasteiger partial charge in [-0.25, -0.2) is 4.79 Å². The van der Waals surface area contributed by atoms with Gasteiger partial charge < -0.3 is 19.3 Å². The Morgan fingerprint density at radius 1 is 1.43 bits per heavy atom. The predicted molar refractivity (Wildman–Crippen MR) is 75.0 cm³/mol. The SMILES string of the molecule is C=C1C(=O)O[C@@H]2C[C@@H](C)[C@@H]3C[C@H](OC)O[C@@H](O)[C@@]3(C)C[C@H]12. The highest BCUT2D eigenvalue weighted by atomic mass is 16.7. The molecule has 0 amide bonds. The first-order valence-electron chi connectivity index (χ1n) is 7.63. The summed E-state index contributed by atoms with van der Waals surface area (Å²) in [4.78, 5) is 11.8. The summed E-state index contributed by atoms with van der Waals surface area (Å²) in [6.45, 7) is 8.09. The Balaban J connectivity index is 1.93. The van der Waals surface area contributed by atoms with Gasteiger partial charge in [0.15, 0.2) is 12.6 Å². The molecule has 2 saturated heterocycles. The highest BCUT2D eigenvalue weighted by Gasteiger charge is 2.56. The van der Waals surface area contributed by atoms with E-state index in [9.17, 15) is 9.90 Å². The first-order valence-corrected chi connectivity index (χ1v) is 7.63. The van der Waals surface area contributed by atoms with Gasteiger partial charge in [-0.15, -0.1) is 0 Å². The Bertz CT molecular complexity index is 462. The fourth-order valence-electron chi connectivity index (χ4n) is 4.44. The van der Waals surface area contributed by atoms with E-state index in [1.165, 1.54) is 0 Å². The van der Waals surface area contributed by atoms with Gasteiger partial charge in [-0.2, -0.15) is 0 Å². The van der Waals surface area contributed by atoms with Crippen molar-refractivity contribution >= 4 is 5.97 Å².